The van der Waals surface area contributed by atoms with E-state index in [-0.39, 0.29) is 11.8 Å². The molecule has 4 nitrogen and oxygen atoms in total. The quantitative estimate of drug-likeness (QED) is 0.817. The number of hydrogen-bond acceptors (Lipinski definition) is 2. The van der Waals surface area contributed by atoms with Gasteiger partial charge in [0.15, 0.2) is 0 Å². The van der Waals surface area contributed by atoms with E-state index in [0.717, 1.165) is 0 Å². The maximum atomic E-state index is 10.4. The second-order valence-corrected chi connectivity index (χ2v) is 4.32. The van der Waals surface area contributed by atoms with Crippen LogP contribution in [-0.4, -0.2) is 17.4 Å². The Labute approximate surface area is 135 Å². The molecule has 2 rings (SSSR count). The van der Waals surface area contributed by atoms with Gasteiger partial charge in [-0.05, 0) is 35.9 Å². The van der Waals surface area contributed by atoms with E-state index < -0.39 is 5.64 Å². The minimum absolute atomic E-state index is 0.379. The molecule has 23 heavy (non-hydrogen) atoms. The molecule has 0 aliphatic rings. The lowest BCUT2D eigenvalue weighted by atomic mass is 10.2. The second kappa shape index (κ2) is 10.2. The normalized spacial score (nSPS) is 9.57. The minimum Gasteiger partial charge on any atom is -0.366 e. The summed E-state index contributed by atoms with van der Waals surface area (Å²) in [6, 6.07) is 17.5. The van der Waals surface area contributed by atoms with Gasteiger partial charge in [-0.1, -0.05) is 36.4 Å². The van der Waals surface area contributed by atoms with Crippen molar-refractivity contribution in [1.82, 2.24) is 0 Å². The first kappa shape index (κ1) is 20.5. The van der Waals surface area contributed by atoms with E-state index in [1.165, 1.54) is 0 Å². The Morgan fingerprint density at radius 3 is 1.09 bits per heavy atom. The first-order valence-corrected chi connectivity index (χ1v) is 6.44. The van der Waals surface area contributed by atoms with Crippen LogP contribution in [0.15, 0.2) is 60.7 Å². The highest BCUT2D eigenvalue weighted by Crippen LogP contribution is 2.18. The topological polar surface area (TPSA) is 86.2 Å². The molecule has 0 saturated carbocycles. The minimum atomic E-state index is -4.53. The zero-order valence-corrected chi connectivity index (χ0v) is 12.5. The molecule has 0 unspecified atom stereocenters. The highest BCUT2D eigenvalue weighted by atomic mass is 35.5. The molecule has 0 heterocycles. The van der Waals surface area contributed by atoms with Crippen LogP contribution in [0.1, 0.15) is 20.7 Å². The van der Waals surface area contributed by atoms with Crippen molar-refractivity contribution in [1.29, 1.82) is 0 Å². The van der Waals surface area contributed by atoms with E-state index in [1.54, 1.807) is 48.5 Å². The molecule has 124 valence electrons. The molecule has 2 amide bonds. The van der Waals surface area contributed by atoms with Crippen LogP contribution in [0.3, 0.4) is 0 Å². The van der Waals surface area contributed by atoms with Crippen molar-refractivity contribution in [2.75, 3.05) is 0 Å². The lowest BCUT2D eigenvalue weighted by molar-refractivity contribution is -0.0420. The number of hydrogen-bond donors (Lipinski definition) is 2. The molecule has 0 bridgehead atoms. The molecular weight excluding hydrogens is 333 g/mol. The predicted molar refractivity (Wildman–Crippen MR) is 81.8 cm³/mol. The summed E-state index contributed by atoms with van der Waals surface area (Å²) in [7, 11) is 0. The van der Waals surface area contributed by atoms with Crippen LogP contribution in [-0.2, 0) is 0 Å². The van der Waals surface area contributed by atoms with Crippen LogP contribution in [0.25, 0.3) is 0 Å². The van der Waals surface area contributed by atoms with Gasteiger partial charge in [0, 0.05) is 11.1 Å². The van der Waals surface area contributed by atoms with Crippen molar-refractivity contribution in [3.8, 4) is 0 Å². The fraction of sp³-hybridized carbons (Fsp3) is 0.0667. The Balaban J connectivity index is 0.000000332. The van der Waals surface area contributed by atoms with E-state index in [2.05, 4.69) is 11.6 Å². The Kier molecular flexibility index (Phi) is 9.10. The zero-order valence-electron chi connectivity index (χ0n) is 11.8. The van der Waals surface area contributed by atoms with Gasteiger partial charge in [-0.15, -0.1) is 0 Å². The Hall–Kier alpha value is -2.54. The van der Waals surface area contributed by atoms with Crippen molar-refractivity contribution < 1.29 is 22.8 Å². The summed E-state index contributed by atoms with van der Waals surface area (Å²) >= 11 is 3.53. The maximum absolute atomic E-state index is 10.4. The van der Waals surface area contributed by atoms with Crippen LogP contribution >= 0.6 is 11.6 Å². The molecule has 0 aliphatic carbocycles. The summed E-state index contributed by atoms with van der Waals surface area (Å²) in [6.07, 6.45) is 0. The fourth-order valence-electron chi connectivity index (χ4n) is 1.20. The van der Waals surface area contributed by atoms with Crippen LogP contribution in [0, 0.1) is 0 Å². The number of nitrogens with two attached hydrogens (primary N) is 2. The molecule has 0 aliphatic heterocycles. The number of amides is 2. The van der Waals surface area contributed by atoms with Crippen LogP contribution in [0.4, 0.5) is 13.2 Å². The predicted octanol–water partition coefficient (Wildman–Crippen LogP) is 3.32. The third kappa shape index (κ3) is 12.9. The largest absolute Gasteiger partial charge is 0.475 e. The van der Waals surface area contributed by atoms with Gasteiger partial charge >= 0.3 is 5.64 Å². The van der Waals surface area contributed by atoms with Crippen LogP contribution < -0.4 is 11.5 Å². The highest BCUT2D eigenvalue weighted by Gasteiger charge is 2.20. The van der Waals surface area contributed by atoms with Gasteiger partial charge in [0.05, 0.1) is 0 Å². The molecule has 0 aromatic heterocycles. The van der Waals surface area contributed by atoms with Crippen molar-refractivity contribution >= 4 is 23.4 Å². The standard InChI is InChI=1S/2C7H7NO.CClF3/c2*8-7(9)6-4-2-1-3-5-6;2-1(3,4)5/h2*1-5H,(H2,8,9);. The van der Waals surface area contributed by atoms with Gasteiger partial charge in [0.1, 0.15) is 0 Å². The molecular formula is C15H14ClF3N2O2. The zero-order chi connectivity index (χ0) is 17.9. The number of benzene rings is 2. The summed E-state index contributed by atoms with van der Waals surface area (Å²) in [6.45, 7) is 0. The van der Waals surface area contributed by atoms with Crippen molar-refractivity contribution in [3.05, 3.63) is 71.8 Å². The summed E-state index contributed by atoms with van der Waals surface area (Å²) in [5, 5.41) is 0. The first-order valence-electron chi connectivity index (χ1n) is 6.06. The molecule has 0 saturated heterocycles. The summed E-state index contributed by atoms with van der Waals surface area (Å²) in [4.78, 5) is 20.8. The molecule has 0 spiro atoms. The molecule has 2 aromatic rings. The van der Waals surface area contributed by atoms with E-state index in [0.29, 0.717) is 11.1 Å². The van der Waals surface area contributed by atoms with Gasteiger partial charge in [-0.2, -0.15) is 13.2 Å². The first-order chi connectivity index (χ1) is 10.6. The number of alkyl halides is 4. The average molecular weight is 347 g/mol. The van der Waals surface area contributed by atoms with Crippen molar-refractivity contribution in [2.45, 2.75) is 5.64 Å². The lowest BCUT2D eigenvalue weighted by Crippen LogP contribution is -2.09. The van der Waals surface area contributed by atoms with E-state index in [9.17, 15) is 22.8 Å². The SMILES string of the molecule is FC(F)(F)Cl.NC(=O)c1ccccc1.NC(=O)c1ccccc1. The Morgan fingerprint density at radius 2 is 0.957 bits per heavy atom. The number of rotatable bonds is 2. The smallest absolute Gasteiger partial charge is 0.366 e. The van der Waals surface area contributed by atoms with E-state index in [4.69, 9.17) is 11.5 Å². The van der Waals surface area contributed by atoms with Crippen molar-refractivity contribution in [2.24, 2.45) is 11.5 Å². The third-order valence-electron chi connectivity index (χ3n) is 2.12. The van der Waals surface area contributed by atoms with Gasteiger partial charge in [0.25, 0.3) is 0 Å². The summed E-state index contributed by atoms with van der Waals surface area (Å²) in [5.41, 5.74) is 6.53. The number of carbonyl (C=O) groups is 2. The Morgan fingerprint density at radius 1 is 0.739 bits per heavy atom. The van der Waals surface area contributed by atoms with Crippen LogP contribution in [0.5, 0.6) is 0 Å². The fourth-order valence-corrected chi connectivity index (χ4v) is 1.20. The molecule has 4 N–H and O–H groups in total. The number of carbonyl (C=O) groups excluding carboxylic acids is 2. The van der Waals surface area contributed by atoms with Gasteiger partial charge in [-0.3, -0.25) is 9.59 Å². The molecule has 0 fully saturated rings. The maximum Gasteiger partial charge on any atom is 0.475 e. The summed E-state index contributed by atoms with van der Waals surface area (Å²) < 4.78 is 30.4. The monoisotopic (exact) mass is 346 g/mol. The summed E-state index contributed by atoms with van der Waals surface area (Å²) in [5.74, 6) is -0.758. The average Bonchev–Trinajstić information content (AvgIpc) is 2.48. The molecule has 0 atom stereocenters. The number of primary amides is 2. The van der Waals surface area contributed by atoms with Crippen molar-refractivity contribution in [3.63, 3.8) is 0 Å². The third-order valence-corrected chi connectivity index (χ3v) is 2.12. The Bertz CT molecular complexity index is 550. The molecule has 2 aromatic carbocycles. The van der Waals surface area contributed by atoms with Gasteiger partial charge in [-0.25, -0.2) is 0 Å². The molecule has 0 radical (unpaired) electrons. The highest BCUT2D eigenvalue weighted by molar-refractivity contribution is 6.20. The van der Waals surface area contributed by atoms with E-state index >= 15 is 0 Å². The number of halogens is 4. The molecule has 8 heteroatoms. The van der Waals surface area contributed by atoms with Crippen LogP contribution in [0.2, 0.25) is 0 Å². The lowest BCUT2D eigenvalue weighted by Gasteiger charge is -1.89. The van der Waals surface area contributed by atoms with Gasteiger partial charge < -0.3 is 11.5 Å². The van der Waals surface area contributed by atoms with E-state index in [1.807, 2.05) is 12.1 Å². The second-order valence-electron chi connectivity index (χ2n) is 3.89. The van der Waals surface area contributed by atoms with Gasteiger partial charge in [0.2, 0.25) is 11.8 Å².